The summed E-state index contributed by atoms with van der Waals surface area (Å²) in [5.41, 5.74) is -0.219. The van der Waals surface area contributed by atoms with Crippen molar-refractivity contribution in [2.24, 2.45) is 5.92 Å². The SMILES string of the molecule is CC1CCCN(Cc2c(O)ccc3c(=O)c(Oc4ccc(C(C)(C)C)cc4)c(C(F)(F)F)oc23)C1. The average molecular weight is 490 g/mol. The Morgan fingerprint density at radius 2 is 1.80 bits per heavy atom. The van der Waals surface area contributed by atoms with Gasteiger partial charge in [0.05, 0.1) is 10.9 Å². The number of rotatable bonds is 4. The standard InChI is InChI=1S/C27H30F3NO4/c1-16-6-5-13-31(14-16)15-20-21(32)12-11-19-22(33)24(25(27(28,29)30)35-23(19)20)34-18-9-7-17(8-10-18)26(2,3)4/h7-12,16,32H,5-6,13-15H2,1-4H3. The van der Waals surface area contributed by atoms with Gasteiger partial charge in [-0.2, -0.15) is 13.2 Å². The van der Waals surface area contributed by atoms with Gasteiger partial charge in [-0.3, -0.25) is 9.69 Å². The lowest BCUT2D eigenvalue weighted by molar-refractivity contribution is -0.154. The number of hydrogen-bond donors (Lipinski definition) is 1. The molecule has 5 nitrogen and oxygen atoms in total. The number of alkyl halides is 3. The molecule has 1 aromatic heterocycles. The predicted octanol–water partition coefficient (Wildman–Crippen LogP) is 6.84. The first-order valence-electron chi connectivity index (χ1n) is 11.7. The monoisotopic (exact) mass is 489 g/mol. The maximum absolute atomic E-state index is 14.0. The van der Waals surface area contributed by atoms with Crippen LogP contribution in [-0.4, -0.2) is 23.1 Å². The molecule has 4 rings (SSSR count). The van der Waals surface area contributed by atoms with Crippen molar-refractivity contribution in [2.75, 3.05) is 13.1 Å². The van der Waals surface area contributed by atoms with Crippen LogP contribution in [0.2, 0.25) is 0 Å². The Bertz CT molecular complexity index is 1270. The van der Waals surface area contributed by atoms with E-state index in [1.54, 1.807) is 12.1 Å². The molecule has 1 aliphatic rings. The number of halogens is 3. The smallest absolute Gasteiger partial charge is 0.453 e. The zero-order valence-electron chi connectivity index (χ0n) is 20.3. The molecule has 0 amide bonds. The topological polar surface area (TPSA) is 62.9 Å². The van der Waals surface area contributed by atoms with E-state index < -0.39 is 23.1 Å². The number of hydrogen-bond acceptors (Lipinski definition) is 5. The summed E-state index contributed by atoms with van der Waals surface area (Å²) in [6.07, 6.45) is -2.95. The van der Waals surface area contributed by atoms with Gasteiger partial charge in [0.1, 0.15) is 17.1 Å². The average Bonchev–Trinajstić information content (AvgIpc) is 2.76. The Balaban J connectivity index is 1.81. The molecule has 0 saturated carbocycles. The first-order valence-corrected chi connectivity index (χ1v) is 11.7. The van der Waals surface area contributed by atoms with E-state index in [-0.39, 0.29) is 40.0 Å². The van der Waals surface area contributed by atoms with Crippen molar-refractivity contribution in [3.05, 3.63) is 63.5 Å². The number of aromatic hydroxyl groups is 1. The molecule has 1 unspecified atom stereocenters. The molecule has 0 radical (unpaired) electrons. The summed E-state index contributed by atoms with van der Waals surface area (Å²) < 4.78 is 52.9. The minimum atomic E-state index is -4.98. The molecule has 0 spiro atoms. The fourth-order valence-corrected chi connectivity index (χ4v) is 4.51. The van der Waals surface area contributed by atoms with Gasteiger partial charge < -0.3 is 14.3 Å². The summed E-state index contributed by atoms with van der Waals surface area (Å²) in [4.78, 5) is 15.3. The van der Waals surface area contributed by atoms with Crippen LogP contribution < -0.4 is 10.2 Å². The van der Waals surface area contributed by atoms with Crippen molar-refractivity contribution in [1.29, 1.82) is 0 Å². The Labute approximate surface area is 202 Å². The molecule has 1 saturated heterocycles. The van der Waals surface area contributed by atoms with Gasteiger partial charge in [-0.1, -0.05) is 39.8 Å². The van der Waals surface area contributed by atoms with E-state index in [1.165, 1.54) is 24.3 Å². The van der Waals surface area contributed by atoms with Crippen molar-refractivity contribution in [3.8, 4) is 17.2 Å². The van der Waals surface area contributed by atoms with E-state index in [0.717, 1.165) is 31.5 Å². The predicted molar refractivity (Wildman–Crippen MR) is 128 cm³/mol. The van der Waals surface area contributed by atoms with E-state index in [1.807, 2.05) is 20.8 Å². The molecule has 2 heterocycles. The maximum Gasteiger partial charge on any atom is 0.453 e. The molecule has 1 fully saturated rings. The lowest BCUT2D eigenvalue weighted by atomic mass is 9.87. The fraction of sp³-hybridized carbons (Fsp3) is 0.444. The minimum Gasteiger partial charge on any atom is -0.507 e. The fourth-order valence-electron chi connectivity index (χ4n) is 4.51. The van der Waals surface area contributed by atoms with Crippen molar-refractivity contribution >= 4 is 11.0 Å². The maximum atomic E-state index is 14.0. The molecule has 35 heavy (non-hydrogen) atoms. The highest BCUT2D eigenvalue weighted by molar-refractivity contribution is 5.83. The highest BCUT2D eigenvalue weighted by Gasteiger charge is 2.41. The third-order valence-corrected chi connectivity index (χ3v) is 6.42. The molecule has 8 heteroatoms. The number of phenolic OH excluding ortho intramolecular Hbond substituents is 1. The van der Waals surface area contributed by atoms with Gasteiger partial charge in [-0.25, -0.2) is 0 Å². The van der Waals surface area contributed by atoms with Gasteiger partial charge in [-0.15, -0.1) is 0 Å². The Morgan fingerprint density at radius 1 is 1.11 bits per heavy atom. The first-order chi connectivity index (χ1) is 16.3. The van der Waals surface area contributed by atoms with Crippen molar-refractivity contribution in [1.82, 2.24) is 4.90 Å². The van der Waals surface area contributed by atoms with Gasteiger partial charge in [0.15, 0.2) is 0 Å². The lowest BCUT2D eigenvalue weighted by Crippen LogP contribution is -2.33. The third-order valence-electron chi connectivity index (χ3n) is 6.42. The summed E-state index contributed by atoms with van der Waals surface area (Å²) in [7, 11) is 0. The zero-order chi connectivity index (χ0) is 25.5. The second kappa shape index (κ2) is 9.22. The largest absolute Gasteiger partial charge is 0.507 e. The molecule has 0 aliphatic carbocycles. The highest BCUT2D eigenvalue weighted by Crippen LogP contribution is 2.40. The van der Waals surface area contributed by atoms with Crippen molar-refractivity contribution < 1.29 is 27.4 Å². The van der Waals surface area contributed by atoms with Gasteiger partial charge in [0.2, 0.25) is 11.2 Å². The first kappa shape index (κ1) is 25.1. The number of nitrogens with zero attached hydrogens (tertiary/aromatic N) is 1. The van der Waals surface area contributed by atoms with E-state index in [2.05, 4.69) is 11.8 Å². The van der Waals surface area contributed by atoms with Crippen molar-refractivity contribution in [3.63, 3.8) is 0 Å². The summed E-state index contributed by atoms with van der Waals surface area (Å²) >= 11 is 0. The van der Waals surface area contributed by atoms with Gasteiger partial charge >= 0.3 is 6.18 Å². The zero-order valence-corrected chi connectivity index (χ0v) is 20.3. The van der Waals surface area contributed by atoms with Crippen LogP contribution in [0.4, 0.5) is 13.2 Å². The molecule has 188 valence electrons. The van der Waals surface area contributed by atoms with Crippen LogP contribution in [0.1, 0.15) is 57.4 Å². The molecular formula is C27H30F3NO4. The van der Waals surface area contributed by atoms with E-state index in [0.29, 0.717) is 5.92 Å². The summed E-state index contributed by atoms with van der Waals surface area (Å²) in [5, 5.41) is 10.4. The normalized spacial score (nSPS) is 17.6. The molecule has 1 atom stereocenters. The Hall–Kier alpha value is -3.00. The van der Waals surface area contributed by atoms with Crippen LogP contribution in [0.3, 0.4) is 0 Å². The van der Waals surface area contributed by atoms with Crippen LogP contribution >= 0.6 is 0 Å². The summed E-state index contributed by atoms with van der Waals surface area (Å²) in [6.45, 7) is 9.83. The van der Waals surface area contributed by atoms with Crippen LogP contribution in [0, 0.1) is 5.92 Å². The number of ether oxygens (including phenoxy) is 1. The van der Waals surface area contributed by atoms with Gasteiger partial charge in [0, 0.05) is 13.1 Å². The molecule has 0 bridgehead atoms. The number of phenols is 1. The number of likely N-dealkylation sites (tertiary alicyclic amines) is 1. The minimum absolute atomic E-state index is 0.0721. The number of piperidine rings is 1. The van der Waals surface area contributed by atoms with Crippen LogP contribution in [0.15, 0.2) is 45.6 Å². The van der Waals surface area contributed by atoms with Gasteiger partial charge in [0.25, 0.3) is 5.76 Å². The van der Waals surface area contributed by atoms with Crippen molar-refractivity contribution in [2.45, 2.75) is 58.7 Å². The Kier molecular flexibility index (Phi) is 6.62. The molecular weight excluding hydrogens is 459 g/mol. The number of benzene rings is 2. The summed E-state index contributed by atoms with van der Waals surface area (Å²) in [6, 6.07) is 9.15. The molecule has 1 N–H and O–H groups in total. The number of fused-ring (bicyclic) bond motifs is 1. The van der Waals surface area contributed by atoms with Crippen LogP contribution in [0.5, 0.6) is 17.2 Å². The molecule has 3 aromatic rings. The van der Waals surface area contributed by atoms with Crippen LogP contribution in [-0.2, 0) is 18.1 Å². The van der Waals surface area contributed by atoms with E-state index in [9.17, 15) is 23.1 Å². The molecule has 1 aliphatic heterocycles. The second-order valence-electron chi connectivity index (χ2n) is 10.4. The van der Waals surface area contributed by atoms with E-state index >= 15 is 0 Å². The van der Waals surface area contributed by atoms with E-state index in [4.69, 9.17) is 9.15 Å². The highest BCUT2D eigenvalue weighted by atomic mass is 19.4. The Morgan fingerprint density at radius 3 is 2.40 bits per heavy atom. The molecule has 2 aromatic carbocycles. The second-order valence-corrected chi connectivity index (χ2v) is 10.4. The van der Waals surface area contributed by atoms with Gasteiger partial charge in [-0.05, 0) is 60.5 Å². The lowest BCUT2D eigenvalue weighted by Gasteiger charge is -2.31. The quantitative estimate of drug-likeness (QED) is 0.435. The third kappa shape index (κ3) is 5.32. The summed E-state index contributed by atoms with van der Waals surface area (Å²) in [5.74, 6) is -2.12. The van der Waals surface area contributed by atoms with Crippen LogP contribution in [0.25, 0.3) is 11.0 Å².